The van der Waals surface area contributed by atoms with Crippen LogP contribution in [0.4, 0.5) is 5.69 Å². The van der Waals surface area contributed by atoms with Gasteiger partial charge in [0.25, 0.3) is 0 Å². The Morgan fingerprint density at radius 1 is 1.21 bits per heavy atom. The number of nitrogens with zero attached hydrogens (tertiary/aromatic N) is 3. The fourth-order valence-electron chi connectivity index (χ4n) is 6.65. The smallest absolute Gasteiger partial charge is 0.308 e. The van der Waals surface area contributed by atoms with E-state index in [-0.39, 0.29) is 37.3 Å². The molecular formula is C32H44N3O7+. The number of hydrogen-bond acceptors (Lipinski definition) is 7. The number of likely N-dealkylation sites (tertiary alicyclic amines) is 1. The minimum Gasteiger partial charge on any atom is -0.493 e. The molecule has 0 bridgehead atoms. The highest BCUT2D eigenvalue weighted by Gasteiger charge is 2.48. The number of carbonyl (C=O) groups excluding carboxylic acids is 1. The summed E-state index contributed by atoms with van der Waals surface area (Å²) in [5, 5.41) is 10.6. The zero-order chi connectivity index (χ0) is 29.6. The number of aryl methyl sites for hydroxylation is 1. The highest BCUT2D eigenvalue weighted by Crippen LogP contribution is 2.47. The quantitative estimate of drug-likeness (QED) is 0.376. The molecule has 4 atom stereocenters. The van der Waals surface area contributed by atoms with E-state index in [4.69, 9.17) is 18.9 Å². The molecule has 1 aromatic carbocycles. The summed E-state index contributed by atoms with van der Waals surface area (Å²) in [7, 11) is 3.51. The van der Waals surface area contributed by atoms with Crippen LogP contribution in [0.15, 0.2) is 36.7 Å². The largest absolute Gasteiger partial charge is 0.493 e. The second-order valence-corrected chi connectivity index (χ2v) is 11.6. The van der Waals surface area contributed by atoms with Gasteiger partial charge in [0, 0.05) is 37.7 Å². The number of aliphatic carboxylic acids is 1. The van der Waals surface area contributed by atoms with Gasteiger partial charge in [0.05, 0.1) is 25.7 Å². The summed E-state index contributed by atoms with van der Waals surface area (Å²) in [5.41, 5.74) is 1.66. The first kappa shape index (κ1) is 30.1. The van der Waals surface area contributed by atoms with Crippen LogP contribution >= 0.6 is 0 Å². The van der Waals surface area contributed by atoms with E-state index in [1.165, 1.54) is 0 Å². The van der Waals surface area contributed by atoms with Crippen LogP contribution in [0.1, 0.15) is 63.4 Å². The predicted molar refractivity (Wildman–Crippen MR) is 156 cm³/mol. The van der Waals surface area contributed by atoms with Gasteiger partial charge in [0.15, 0.2) is 23.9 Å². The van der Waals surface area contributed by atoms with Crippen LogP contribution in [0.2, 0.25) is 0 Å². The molecule has 3 aliphatic heterocycles. The number of amides is 1. The van der Waals surface area contributed by atoms with E-state index >= 15 is 0 Å². The molecule has 1 amide bonds. The second kappa shape index (κ2) is 13.7. The Balaban J connectivity index is 1.45. The molecule has 0 spiro atoms. The van der Waals surface area contributed by atoms with Crippen LogP contribution in [-0.2, 0) is 21.4 Å². The fourth-order valence-corrected chi connectivity index (χ4v) is 6.65. The lowest BCUT2D eigenvalue weighted by Crippen LogP contribution is -2.45. The Morgan fingerprint density at radius 2 is 2.07 bits per heavy atom. The average Bonchev–Trinajstić information content (AvgIpc) is 3.61. The zero-order valence-electron chi connectivity index (χ0n) is 25.0. The van der Waals surface area contributed by atoms with Crippen LogP contribution in [0.5, 0.6) is 17.2 Å². The maximum Gasteiger partial charge on any atom is 0.308 e. The van der Waals surface area contributed by atoms with Crippen molar-refractivity contribution in [2.75, 3.05) is 45.0 Å². The topological polar surface area (TPSA) is 102 Å². The number of carbonyl (C=O) groups is 2. The molecule has 0 saturated carbocycles. The van der Waals surface area contributed by atoms with Crippen molar-refractivity contribution in [1.82, 2.24) is 4.90 Å². The van der Waals surface area contributed by atoms with E-state index in [1.807, 2.05) is 53.2 Å². The van der Waals surface area contributed by atoms with E-state index in [1.54, 1.807) is 7.11 Å². The van der Waals surface area contributed by atoms with Crippen LogP contribution < -0.4 is 23.7 Å². The molecule has 1 unspecified atom stereocenters. The van der Waals surface area contributed by atoms with Crippen molar-refractivity contribution in [2.45, 2.75) is 69.9 Å². The third-order valence-electron chi connectivity index (χ3n) is 8.81. The van der Waals surface area contributed by atoms with Gasteiger partial charge in [0.2, 0.25) is 18.4 Å². The van der Waals surface area contributed by atoms with E-state index in [2.05, 4.69) is 11.8 Å². The van der Waals surface area contributed by atoms with Crippen molar-refractivity contribution in [3.05, 3.63) is 42.2 Å². The van der Waals surface area contributed by atoms with Crippen molar-refractivity contribution in [3.63, 3.8) is 0 Å². The van der Waals surface area contributed by atoms with Crippen molar-refractivity contribution in [1.29, 1.82) is 0 Å². The number of rotatable bonds is 12. The summed E-state index contributed by atoms with van der Waals surface area (Å²) >= 11 is 0. The lowest BCUT2D eigenvalue weighted by atomic mass is 9.83. The Bertz CT molecular complexity index is 1250. The molecule has 10 nitrogen and oxygen atoms in total. The first-order valence-electron chi connectivity index (χ1n) is 15.2. The summed E-state index contributed by atoms with van der Waals surface area (Å²) in [6, 6.07) is 7.30. The third kappa shape index (κ3) is 6.65. The van der Waals surface area contributed by atoms with Gasteiger partial charge in [-0.2, -0.15) is 0 Å². The van der Waals surface area contributed by atoms with Crippen LogP contribution in [0.3, 0.4) is 0 Å². The number of ether oxygens (including phenoxy) is 4. The van der Waals surface area contributed by atoms with Crippen LogP contribution in [0, 0.1) is 5.92 Å². The molecule has 2 aromatic rings. The van der Waals surface area contributed by atoms with Gasteiger partial charge < -0.3 is 29.0 Å². The first-order chi connectivity index (χ1) is 20.4. The molecule has 2 saturated heterocycles. The number of unbranched alkanes of at least 4 members (excludes halogenated alkanes) is 1. The molecule has 3 aliphatic rings. The number of carboxylic acid groups (broad SMARTS) is 1. The number of carboxylic acids is 1. The number of benzene rings is 1. The number of pyridine rings is 1. The molecule has 5 rings (SSSR count). The molecule has 0 radical (unpaired) electrons. The number of methoxy groups -OCH3 is 1. The van der Waals surface area contributed by atoms with Gasteiger partial charge in [-0.3, -0.25) is 14.5 Å². The standard InChI is InChI=1S/C32H43N3O7/c1-4-5-14-35(23-9-8-13-33(2)18-23)29(36)20-34-19-25(22-16-27(39-3)31-28(17-22)41-21-42-31)30(32(37)38)26(34)12-11-24-10-6-7-15-40-24/h8-9,13,16-18,24-26,30H,4-7,10-12,14-15,19-21H2,1-3H3/p+1/t24?,25-,26+,30-/m1/s1. The van der Waals surface area contributed by atoms with Crippen molar-refractivity contribution in [2.24, 2.45) is 13.0 Å². The molecule has 1 aromatic heterocycles. The van der Waals surface area contributed by atoms with Crippen molar-refractivity contribution < 1.29 is 38.2 Å². The highest BCUT2D eigenvalue weighted by molar-refractivity contribution is 5.94. The van der Waals surface area contributed by atoms with Crippen molar-refractivity contribution in [3.8, 4) is 17.2 Å². The number of hydrogen-bond donors (Lipinski definition) is 1. The van der Waals surface area contributed by atoms with Crippen molar-refractivity contribution >= 4 is 17.6 Å². The minimum atomic E-state index is -0.862. The van der Waals surface area contributed by atoms with Crippen LogP contribution in [-0.4, -0.2) is 74.2 Å². The summed E-state index contributed by atoms with van der Waals surface area (Å²) in [6.45, 7) is 4.14. The normalized spacial score (nSPS) is 23.6. The third-order valence-corrected chi connectivity index (χ3v) is 8.81. The molecule has 10 heteroatoms. The number of aromatic nitrogens is 1. The lowest BCUT2D eigenvalue weighted by Gasteiger charge is -2.31. The number of anilines is 1. The summed E-state index contributed by atoms with van der Waals surface area (Å²) < 4.78 is 24.8. The van der Waals surface area contributed by atoms with E-state index in [0.717, 1.165) is 56.4 Å². The number of fused-ring (bicyclic) bond motifs is 1. The van der Waals surface area contributed by atoms with E-state index in [9.17, 15) is 14.7 Å². The maximum atomic E-state index is 14.0. The minimum absolute atomic E-state index is 0.0263. The Kier molecular flexibility index (Phi) is 9.84. The van der Waals surface area contributed by atoms with Gasteiger partial charge in [0.1, 0.15) is 12.7 Å². The van der Waals surface area contributed by atoms with Gasteiger partial charge in [-0.15, -0.1) is 0 Å². The monoisotopic (exact) mass is 582 g/mol. The lowest BCUT2D eigenvalue weighted by molar-refractivity contribution is -0.670. The SMILES string of the molecule is CCCCN(C(=O)CN1C[C@H](c2cc(OC)c3c(c2)OCO3)[C@@H](C(=O)O)[C@@H]1CCC1CCCCO1)c1ccc[n+](C)c1. The fraction of sp³-hybridized carbons (Fsp3) is 0.594. The average molecular weight is 583 g/mol. The molecule has 4 heterocycles. The summed E-state index contributed by atoms with van der Waals surface area (Å²) in [4.78, 5) is 30.9. The van der Waals surface area contributed by atoms with E-state index in [0.29, 0.717) is 36.8 Å². The second-order valence-electron chi connectivity index (χ2n) is 11.6. The maximum absolute atomic E-state index is 14.0. The molecule has 1 N–H and O–H groups in total. The van der Waals surface area contributed by atoms with Gasteiger partial charge in [-0.1, -0.05) is 13.3 Å². The Labute approximate surface area is 248 Å². The molecule has 42 heavy (non-hydrogen) atoms. The molecule has 2 fully saturated rings. The van der Waals surface area contributed by atoms with Gasteiger partial charge >= 0.3 is 5.97 Å². The van der Waals surface area contributed by atoms with Gasteiger partial charge in [-0.25, -0.2) is 4.57 Å². The van der Waals surface area contributed by atoms with Gasteiger partial charge in [-0.05, 0) is 62.3 Å². The Hall–Kier alpha value is -3.37. The molecule has 228 valence electrons. The first-order valence-corrected chi connectivity index (χ1v) is 15.2. The highest BCUT2D eigenvalue weighted by atomic mass is 16.7. The van der Waals surface area contributed by atoms with E-state index < -0.39 is 11.9 Å². The Morgan fingerprint density at radius 3 is 2.79 bits per heavy atom. The predicted octanol–water partition coefficient (Wildman–Crippen LogP) is 3.90. The van der Waals surface area contributed by atoms with Crippen LogP contribution in [0.25, 0.3) is 0 Å². The summed E-state index contributed by atoms with van der Waals surface area (Å²) in [6.07, 6.45) is 10.5. The molecular weight excluding hydrogens is 538 g/mol. The molecule has 0 aliphatic carbocycles. The zero-order valence-corrected chi connectivity index (χ0v) is 25.0. The summed E-state index contributed by atoms with van der Waals surface area (Å²) in [5.74, 6) is -0.335.